The summed E-state index contributed by atoms with van der Waals surface area (Å²) in [5, 5.41) is 5.59. The van der Waals surface area contributed by atoms with Crippen LogP contribution in [-0.4, -0.2) is 9.52 Å². The minimum atomic E-state index is 0. The second-order valence-electron chi connectivity index (χ2n) is 13.8. The summed E-state index contributed by atoms with van der Waals surface area (Å²) < 4.78 is 0. The standard InChI is InChI=1S/2C23H27.C2H6Si.Zr/c2*1-4-6-10-18-15-19-11-9-14-22(23(19)16-18)21-13-8-7-12-20(21)17(3)5-2;1-3-2;/h2*7-9,11-17H,4-6,10H2,1-3H3;1-2H3;/q2*-1;;+2. The Balaban J connectivity index is 0.000000246. The molecule has 2 radical (unpaired) electrons. The van der Waals surface area contributed by atoms with E-state index in [1.165, 1.54) is 117 Å². The SMILES string of the molecule is CCCCc1cc2c(-c3ccccc3C(C)CC)cccc2[cH-]1.CCCCc1cc2c(-c3ccccc3C(C)CC)cccc2[cH-]1.C[Si]C.[Zr+2]. The zero-order chi connectivity index (χ0) is 35.2. The van der Waals surface area contributed by atoms with Gasteiger partial charge in [-0.05, 0) is 59.8 Å². The molecule has 50 heavy (non-hydrogen) atoms. The molecule has 0 aromatic heterocycles. The number of benzene rings is 4. The van der Waals surface area contributed by atoms with Gasteiger partial charge < -0.3 is 0 Å². The van der Waals surface area contributed by atoms with Crippen LogP contribution in [0.4, 0.5) is 0 Å². The summed E-state index contributed by atoms with van der Waals surface area (Å²) in [4.78, 5) is 0. The van der Waals surface area contributed by atoms with Gasteiger partial charge in [0, 0.05) is 9.52 Å². The van der Waals surface area contributed by atoms with Gasteiger partial charge in [0.05, 0.1) is 0 Å². The van der Waals surface area contributed by atoms with E-state index in [0.717, 1.165) is 9.52 Å². The van der Waals surface area contributed by atoms with Gasteiger partial charge in [-0.25, -0.2) is 0 Å². The maximum atomic E-state index is 2.41. The van der Waals surface area contributed by atoms with Crippen molar-refractivity contribution in [1.82, 2.24) is 0 Å². The first kappa shape index (κ1) is 41.6. The van der Waals surface area contributed by atoms with Gasteiger partial charge in [-0.1, -0.05) is 152 Å². The summed E-state index contributed by atoms with van der Waals surface area (Å²) in [6.45, 7) is 18.0. The molecular formula is C48H60SiZr. The van der Waals surface area contributed by atoms with E-state index in [2.05, 4.69) is 164 Å². The normalized spacial score (nSPS) is 12.0. The Kier molecular flexibility index (Phi) is 17.9. The zero-order valence-corrected chi connectivity index (χ0v) is 35.7. The third-order valence-corrected chi connectivity index (χ3v) is 10.0. The summed E-state index contributed by atoms with van der Waals surface area (Å²) in [7, 11) is 1.08. The minimum absolute atomic E-state index is 0. The second kappa shape index (κ2) is 21.5. The maximum Gasteiger partial charge on any atom is 2.00 e. The van der Waals surface area contributed by atoms with E-state index in [4.69, 9.17) is 0 Å². The van der Waals surface area contributed by atoms with Crippen molar-refractivity contribution < 1.29 is 26.2 Å². The van der Waals surface area contributed by atoms with Crippen molar-refractivity contribution in [3.8, 4) is 22.3 Å². The van der Waals surface area contributed by atoms with Gasteiger partial charge in [-0.15, -0.1) is 69.1 Å². The fourth-order valence-corrected chi connectivity index (χ4v) is 6.90. The Hall–Kier alpha value is -2.80. The summed E-state index contributed by atoms with van der Waals surface area (Å²) in [5.74, 6) is 1.19. The van der Waals surface area contributed by atoms with Gasteiger partial charge in [-0.2, -0.15) is 12.1 Å². The third kappa shape index (κ3) is 10.6. The number of rotatable bonds is 12. The van der Waals surface area contributed by atoms with Gasteiger partial charge in [0.25, 0.3) is 0 Å². The van der Waals surface area contributed by atoms with E-state index in [9.17, 15) is 0 Å². The molecule has 0 aliphatic heterocycles. The molecule has 0 aliphatic rings. The average molecular weight is 756 g/mol. The molecule has 2 heteroatoms. The molecule has 0 saturated heterocycles. The summed E-state index contributed by atoms with van der Waals surface area (Å²) in [6.07, 6.45) is 9.79. The van der Waals surface area contributed by atoms with Crippen molar-refractivity contribution in [2.75, 3.05) is 0 Å². The fraction of sp³-hybridized carbons (Fsp3) is 0.375. The third-order valence-electron chi connectivity index (χ3n) is 10.0. The second-order valence-corrected chi connectivity index (χ2v) is 14.8. The van der Waals surface area contributed by atoms with Crippen LogP contribution >= 0.6 is 0 Å². The quantitative estimate of drug-likeness (QED) is 0.0862. The predicted molar refractivity (Wildman–Crippen MR) is 222 cm³/mol. The molecule has 6 aromatic rings. The monoisotopic (exact) mass is 754 g/mol. The molecule has 0 nitrogen and oxygen atoms in total. The first-order chi connectivity index (χ1) is 23.9. The van der Waals surface area contributed by atoms with Crippen molar-refractivity contribution >= 4 is 31.1 Å². The smallest absolute Gasteiger partial charge is 0.164 e. The number of hydrogen-bond donors (Lipinski definition) is 0. The van der Waals surface area contributed by atoms with Crippen LogP contribution in [0, 0.1) is 0 Å². The Morgan fingerprint density at radius 2 is 0.880 bits per heavy atom. The van der Waals surface area contributed by atoms with Crippen LogP contribution in [0.25, 0.3) is 43.8 Å². The predicted octanol–water partition coefficient (Wildman–Crippen LogP) is 14.9. The number of hydrogen-bond acceptors (Lipinski definition) is 0. The van der Waals surface area contributed by atoms with E-state index in [1.807, 2.05) is 0 Å². The van der Waals surface area contributed by atoms with Crippen LogP contribution < -0.4 is 0 Å². The van der Waals surface area contributed by atoms with Gasteiger partial charge in [-0.3, -0.25) is 0 Å². The number of unbranched alkanes of at least 4 members (excludes halogenated alkanes) is 2. The Morgan fingerprint density at radius 1 is 0.520 bits per heavy atom. The molecule has 0 N–H and O–H groups in total. The summed E-state index contributed by atoms with van der Waals surface area (Å²) >= 11 is 0. The van der Waals surface area contributed by atoms with E-state index >= 15 is 0 Å². The molecule has 0 amide bonds. The van der Waals surface area contributed by atoms with E-state index in [1.54, 1.807) is 0 Å². The molecule has 6 rings (SSSR count). The Labute approximate surface area is 326 Å². The molecule has 2 atom stereocenters. The molecule has 0 bridgehead atoms. The maximum absolute atomic E-state index is 2.41. The average Bonchev–Trinajstić information content (AvgIpc) is 3.77. The number of fused-ring (bicyclic) bond motifs is 2. The molecule has 6 aromatic carbocycles. The topological polar surface area (TPSA) is 0 Å². The Bertz CT molecular complexity index is 1720. The van der Waals surface area contributed by atoms with Gasteiger partial charge in [0.1, 0.15) is 0 Å². The zero-order valence-electron chi connectivity index (χ0n) is 32.2. The van der Waals surface area contributed by atoms with Crippen LogP contribution in [0.2, 0.25) is 13.1 Å². The molecule has 0 heterocycles. The molecule has 2 unspecified atom stereocenters. The van der Waals surface area contributed by atoms with Crippen LogP contribution in [0.3, 0.4) is 0 Å². The molecule has 0 spiro atoms. The van der Waals surface area contributed by atoms with Crippen LogP contribution in [0.1, 0.15) is 114 Å². The molecule has 0 fully saturated rings. The van der Waals surface area contributed by atoms with E-state index < -0.39 is 0 Å². The van der Waals surface area contributed by atoms with Crippen LogP contribution in [0.15, 0.2) is 109 Å². The largest absolute Gasteiger partial charge is 2.00 e. The van der Waals surface area contributed by atoms with Gasteiger partial charge >= 0.3 is 26.2 Å². The fourth-order valence-electron chi connectivity index (χ4n) is 6.90. The molecular weight excluding hydrogens is 696 g/mol. The first-order valence-corrected chi connectivity index (χ1v) is 21.0. The Morgan fingerprint density at radius 3 is 1.24 bits per heavy atom. The molecule has 260 valence electrons. The van der Waals surface area contributed by atoms with E-state index in [0.29, 0.717) is 11.8 Å². The minimum Gasteiger partial charge on any atom is -0.164 e. The van der Waals surface area contributed by atoms with Crippen molar-refractivity contribution in [2.45, 2.75) is 118 Å². The summed E-state index contributed by atoms with van der Waals surface area (Å²) in [6, 6.07) is 40.9. The summed E-state index contributed by atoms with van der Waals surface area (Å²) in [5.41, 5.74) is 11.5. The van der Waals surface area contributed by atoms with Crippen molar-refractivity contribution in [2.24, 2.45) is 0 Å². The molecule has 0 aliphatic carbocycles. The van der Waals surface area contributed by atoms with E-state index in [-0.39, 0.29) is 26.2 Å². The van der Waals surface area contributed by atoms with Crippen molar-refractivity contribution in [3.05, 3.63) is 131 Å². The van der Waals surface area contributed by atoms with Crippen LogP contribution in [-0.2, 0) is 39.0 Å². The number of aryl methyl sites for hydroxylation is 2. The van der Waals surface area contributed by atoms with Gasteiger partial charge in [0.15, 0.2) is 0 Å². The molecule has 0 saturated carbocycles. The van der Waals surface area contributed by atoms with Crippen molar-refractivity contribution in [1.29, 1.82) is 0 Å². The van der Waals surface area contributed by atoms with Crippen LogP contribution in [0.5, 0.6) is 0 Å². The first-order valence-electron chi connectivity index (χ1n) is 19.0. The van der Waals surface area contributed by atoms with Gasteiger partial charge in [0.2, 0.25) is 0 Å². The van der Waals surface area contributed by atoms with Crippen molar-refractivity contribution in [3.63, 3.8) is 0 Å².